The Kier molecular flexibility index (Phi) is 4.26. The average molecular weight is 276 g/mol. The second kappa shape index (κ2) is 5.77. The quantitative estimate of drug-likeness (QED) is 0.854. The van der Waals surface area contributed by atoms with Gasteiger partial charge in [0.15, 0.2) is 0 Å². The number of amides is 1. The van der Waals surface area contributed by atoms with Crippen molar-refractivity contribution in [3.8, 4) is 0 Å². The van der Waals surface area contributed by atoms with Gasteiger partial charge >= 0.3 is 0 Å². The van der Waals surface area contributed by atoms with Crippen LogP contribution >= 0.6 is 0 Å². The maximum Gasteiger partial charge on any atom is 0.274 e. The van der Waals surface area contributed by atoms with Gasteiger partial charge in [-0.1, -0.05) is 20.8 Å². The van der Waals surface area contributed by atoms with E-state index in [0.29, 0.717) is 22.8 Å². The standard InChI is InChI=1S/C15H24N4O/c1-15(2,3)11-5-4-7-19(8-6-11)14(20)12-9-18-13(16)10-17-12/h9-11H,4-8H2,1-3H3,(H2,16,18). The molecule has 1 saturated heterocycles. The van der Waals surface area contributed by atoms with E-state index in [2.05, 4.69) is 30.7 Å². The molecule has 1 atom stereocenters. The van der Waals surface area contributed by atoms with Crippen LogP contribution in [0.25, 0.3) is 0 Å². The third-order valence-corrected chi connectivity index (χ3v) is 4.13. The number of likely N-dealkylation sites (tertiary alicyclic amines) is 1. The van der Waals surface area contributed by atoms with Crippen molar-refractivity contribution in [3.05, 3.63) is 18.1 Å². The summed E-state index contributed by atoms with van der Waals surface area (Å²) in [5.74, 6) is 0.968. The molecule has 2 N–H and O–H groups in total. The van der Waals surface area contributed by atoms with E-state index in [1.165, 1.54) is 18.8 Å². The molecule has 1 aromatic rings. The van der Waals surface area contributed by atoms with Crippen LogP contribution in [0, 0.1) is 11.3 Å². The smallest absolute Gasteiger partial charge is 0.274 e. The van der Waals surface area contributed by atoms with Crippen LogP contribution in [0.2, 0.25) is 0 Å². The molecule has 20 heavy (non-hydrogen) atoms. The molecule has 110 valence electrons. The van der Waals surface area contributed by atoms with E-state index < -0.39 is 0 Å². The fourth-order valence-corrected chi connectivity index (χ4v) is 2.78. The number of hydrogen-bond donors (Lipinski definition) is 1. The molecule has 5 heteroatoms. The van der Waals surface area contributed by atoms with Crippen molar-refractivity contribution in [1.29, 1.82) is 0 Å². The largest absolute Gasteiger partial charge is 0.382 e. The van der Waals surface area contributed by atoms with Crippen molar-refractivity contribution in [2.75, 3.05) is 18.8 Å². The van der Waals surface area contributed by atoms with Gasteiger partial charge in [-0.2, -0.15) is 0 Å². The molecule has 0 aliphatic carbocycles. The van der Waals surface area contributed by atoms with Crippen LogP contribution in [0.5, 0.6) is 0 Å². The van der Waals surface area contributed by atoms with Crippen LogP contribution in [0.4, 0.5) is 5.82 Å². The Bertz CT molecular complexity index is 464. The summed E-state index contributed by atoms with van der Waals surface area (Å²) < 4.78 is 0. The number of nitrogens with two attached hydrogens (primary N) is 1. The average Bonchev–Trinajstić information content (AvgIpc) is 2.64. The molecule has 0 saturated carbocycles. The Hall–Kier alpha value is -1.65. The van der Waals surface area contributed by atoms with Gasteiger partial charge < -0.3 is 10.6 Å². The Morgan fingerprint density at radius 1 is 1.25 bits per heavy atom. The van der Waals surface area contributed by atoms with Crippen LogP contribution in [-0.2, 0) is 0 Å². The van der Waals surface area contributed by atoms with Crippen molar-refractivity contribution in [1.82, 2.24) is 14.9 Å². The third kappa shape index (κ3) is 3.46. The Labute approximate surface area is 120 Å². The molecular weight excluding hydrogens is 252 g/mol. The molecule has 1 fully saturated rings. The van der Waals surface area contributed by atoms with Crippen molar-refractivity contribution >= 4 is 11.7 Å². The van der Waals surface area contributed by atoms with Gasteiger partial charge in [-0.3, -0.25) is 4.79 Å². The van der Waals surface area contributed by atoms with Gasteiger partial charge in [0, 0.05) is 13.1 Å². The summed E-state index contributed by atoms with van der Waals surface area (Å²) in [6.45, 7) is 8.44. The number of hydrogen-bond acceptors (Lipinski definition) is 4. The lowest BCUT2D eigenvalue weighted by molar-refractivity contribution is 0.0749. The topological polar surface area (TPSA) is 72.1 Å². The van der Waals surface area contributed by atoms with Gasteiger partial charge in [0.2, 0.25) is 0 Å². The van der Waals surface area contributed by atoms with Crippen molar-refractivity contribution < 1.29 is 4.79 Å². The third-order valence-electron chi connectivity index (χ3n) is 4.13. The van der Waals surface area contributed by atoms with E-state index in [-0.39, 0.29) is 5.91 Å². The fourth-order valence-electron chi connectivity index (χ4n) is 2.78. The molecule has 1 amide bonds. The zero-order chi connectivity index (χ0) is 14.8. The molecule has 1 aliphatic rings. The maximum atomic E-state index is 12.4. The Morgan fingerprint density at radius 2 is 2.00 bits per heavy atom. The first-order valence-corrected chi connectivity index (χ1v) is 7.24. The van der Waals surface area contributed by atoms with E-state index in [9.17, 15) is 4.79 Å². The lowest BCUT2D eigenvalue weighted by Crippen LogP contribution is -2.33. The van der Waals surface area contributed by atoms with E-state index in [4.69, 9.17) is 5.73 Å². The van der Waals surface area contributed by atoms with E-state index in [0.717, 1.165) is 25.9 Å². The van der Waals surface area contributed by atoms with Gasteiger partial charge in [-0.15, -0.1) is 0 Å². The zero-order valence-electron chi connectivity index (χ0n) is 12.6. The second-order valence-electron chi connectivity index (χ2n) is 6.61. The summed E-state index contributed by atoms with van der Waals surface area (Å²) in [4.78, 5) is 22.3. The fraction of sp³-hybridized carbons (Fsp3) is 0.667. The number of anilines is 1. The maximum absolute atomic E-state index is 12.4. The van der Waals surface area contributed by atoms with E-state index in [1.807, 2.05) is 4.90 Å². The predicted octanol–water partition coefficient (Wildman–Crippen LogP) is 2.35. The number of nitrogens with zero attached hydrogens (tertiary/aromatic N) is 3. The molecule has 0 bridgehead atoms. The summed E-state index contributed by atoms with van der Waals surface area (Å²) in [5, 5.41) is 0. The van der Waals surface area contributed by atoms with Crippen LogP contribution in [0.15, 0.2) is 12.4 Å². The lowest BCUT2D eigenvalue weighted by Gasteiger charge is -2.29. The number of carbonyl (C=O) groups is 1. The molecule has 2 heterocycles. The summed E-state index contributed by atoms with van der Waals surface area (Å²) in [6, 6.07) is 0. The molecule has 5 nitrogen and oxygen atoms in total. The van der Waals surface area contributed by atoms with Gasteiger partial charge in [-0.05, 0) is 30.6 Å². The zero-order valence-corrected chi connectivity index (χ0v) is 12.6. The van der Waals surface area contributed by atoms with Gasteiger partial charge in [0.1, 0.15) is 11.5 Å². The summed E-state index contributed by atoms with van der Waals surface area (Å²) in [6.07, 6.45) is 6.18. The molecule has 0 spiro atoms. The molecule has 1 aromatic heterocycles. The summed E-state index contributed by atoms with van der Waals surface area (Å²) in [5.41, 5.74) is 6.19. The number of rotatable bonds is 1. The Morgan fingerprint density at radius 3 is 2.60 bits per heavy atom. The SMILES string of the molecule is CC(C)(C)C1CCCN(C(=O)c2cnc(N)cn2)CC1. The molecule has 0 aromatic carbocycles. The Balaban J connectivity index is 2.03. The highest BCUT2D eigenvalue weighted by Gasteiger charge is 2.29. The van der Waals surface area contributed by atoms with Crippen LogP contribution in [-0.4, -0.2) is 33.9 Å². The molecule has 1 unspecified atom stereocenters. The first-order chi connectivity index (χ1) is 9.38. The van der Waals surface area contributed by atoms with Gasteiger partial charge in [-0.25, -0.2) is 9.97 Å². The van der Waals surface area contributed by atoms with Crippen molar-refractivity contribution in [3.63, 3.8) is 0 Å². The lowest BCUT2D eigenvalue weighted by atomic mass is 9.77. The monoisotopic (exact) mass is 276 g/mol. The molecule has 2 rings (SSSR count). The highest BCUT2D eigenvalue weighted by Crippen LogP contribution is 2.34. The highest BCUT2D eigenvalue weighted by molar-refractivity contribution is 5.92. The van der Waals surface area contributed by atoms with Crippen molar-refractivity contribution in [2.24, 2.45) is 11.3 Å². The summed E-state index contributed by atoms with van der Waals surface area (Å²) in [7, 11) is 0. The minimum Gasteiger partial charge on any atom is -0.382 e. The normalized spacial score (nSPS) is 20.6. The number of aromatic nitrogens is 2. The van der Waals surface area contributed by atoms with E-state index in [1.54, 1.807) is 0 Å². The van der Waals surface area contributed by atoms with Crippen LogP contribution in [0.1, 0.15) is 50.5 Å². The van der Waals surface area contributed by atoms with Crippen molar-refractivity contribution in [2.45, 2.75) is 40.0 Å². The van der Waals surface area contributed by atoms with E-state index >= 15 is 0 Å². The molecule has 0 radical (unpaired) electrons. The van der Waals surface area contributed by atoms with Crippen LogP contribution < -0.4 is 5.73 Å². The molecular formula is C15H24N4O. The first kappa shape index (κ1) is 14.8. The highest BCUT2D eigenvalue weighted by atomic mass is 16.2. The van der Waals surface area contributed by atoms with Crippen LogP contribution in [0.3, 0.4) is 0 Å². The first-order valence-electron chi connectivity index (χ1n) is 7.24. The van der Waals surface area contributed by atoms with Gasteiger partial charge in [0.25, 0.3) is 5.91 Å². The molecule has 1 aliphatic heterocycles. The minimum absolute atomic E-state index is 0.0351. The summed E-state index contributed by atoms with van der Waals surface area (Å²) >= 11 is 0. The second-order valence-corrected chi connectivity index (χ2v) is 6.61. The number of carbonyl (C=O) groups excluding carboxylic acids is 1. The number of nitrogen functional groups attached to an aromatic ring is 1. The predicted molar refractivity (Wildman–Crippen MR) is 79.1 cm³/mol. The minimum atomic E-state index is -0.0351. The van der Waals surface area contributed by atoms with Gasteiger partial charge in [0.05, 0.1) is 12.4 Å².